The molecule has 1 aromatic heterocycles. The van der Waals surface area contributed by atoms with E-state index < -0.39 is 0 Å². The minimum atomic E-state index is -0.254. The van der Waals surface area contributed by atoms with E-state index in [0.717, 1.165) is 42.4 Å². The summed E-state index contributed by atoms with van der Waals surface area (Å²) in [5, 5.41) is 13.8. The van der Waals surface area contributed by atoms with Crippen LogP contribution in [-0.2, 0) is 17.6 Å². The molecule has 0 spiro atoms. The molecule has 6 heteroatoms. The Balaban J connectivity index is 1.72. The number of hydrogen-bond acceptors (Lipinski definition) is 4. The molecule has 2 aromatic rings. The second-order valence-electron chi connectivity index (χ2n) is 7.51. The highest BCUT2D eigenvalue weighted by molar-refractivity contribution is 7.16. The number of carbonyl (C=O) groups excluding carboxylic acids is 1. The zero-order valence-corrected chi connectivity index (χ0v) is 18.1. The Kier molecular flexibility index (Phi) is 6.64. The SMILES string of the molecule is Cc1cc(OCC(=O)Nc2sc3c(c2C#N)CCCCC3)c(C(C)C)cc1Cl. The average molecular weight is 417 g/mol. The van der Waals surface area contributed by atoms with Gasteiger partial charge < -0.3 is 10.1 Å². The molecule has 0 saturated carbocycles. The van der Waals surface area contributed by atoms with Gasteiger partial charge in [-0.05, 0) is 67.3 Å². The highest BCUT2D eigenvalue weighted by Gasteiger charge is 2.21. The lowest BCUT2D eigenvalue weighted by molar-refractivity contribution is -0.118. The normalized spacial score (nSPS) is 13.6. The number of nitrogens with one attached hydrogen (secondary N) is 1. The smallest absolute Gasteiger partial charge is 0.262 e. The number of rotatable bonds is 5. The third-order valence-corrected chi connectivity index (χ3v) is 6.67. The monoisotopic (exact) mass is 416 g/mol. The Hall–Kier alpha value is -2.03. The molecule has 0 unspecified atom stereocenters. The standard InChI is InChI=1S/C22H25ClN2O2S/c1-13(2)16-10-18(23)14(3)9-19(16)27-12-21(26)25-22-17(11-24)15-7-5-4-6-8-20(15)28-22/h9-10,13H,4-8,12H2,1-3H3,(H,25,26). The van der Waals surface area contributed by atoms with Crippen molar-refractivity contribution in [3.63, 3.8) is 0 Å². The summed E-state index contributed by atoms with van der Waals surface area (Å²) in [6, 6.07) is 6.06. The third kappa shape index (κ3) is 4.51. The van der Waals surface area contributed by atoms with Gasteiger partial charge in [0, 0.05) is 9.90 Å². The van der Waals surface area contributed by atoms with Crippen LogP contribution in [-0.4, -0.2) is 12.5 Å². The molecule has 148 valence electrons. The fourth-order valence-corrected chi connectivity index (χ4v) is 4.93. The lowest BCUT2D eigenvalue weighted by Gasteiger charge is -2.15. The molecule has 1 N–H and O–H groups in total. The van der Waals surface area contributed by atoms with Gasteiger partial charge in [-0.1, -0.05) is 31.9 Å². The van der Waals surface area contributed by atoms with Crippen molar-refractivity contribution < 1.29 is 9.53 Å². The first-order chi connectivity index (χ1) is 13.4. The molecule has 0 bridgehead atoms. The van der Waals surface area contributed by atoms with Gasteiger partial charge in [-0.2, -0.15) is 5.26 Å². The summed E-state index contributed by atoms with van der Waals surface area (Å²) in [5.41, 5.74) is 3.64. The van der Waals surface area contributed by atoms with Crippen LogP contribution >= 0.6 is 22.9 Å². The number of thiophene rings is 1. The lowest BCUT2D eigenvalue weighted by Crippen LogP contribution is -2.20. The molecule has 1 aliphatic carbocycles. The summed E-state index contributed by atoms with van der Waals surface area (Å²) in [6.45, 7) is 5.93. The van der Waals surface area contributed by atoms with Crippen molar-refractivity contribution >= 4 is 33.8 Å². The van der Waals surface area contributed by atoms with Crippen LogP contribution in [0.25, 0.3) is 0 Å². The van der Waals surface area contributed by atoms with Crippen LogP contribution in [0.5, 0.6) is 5.75 Å². The molecule has 1 heterocycles. The van der Waals surface area contributed by atoms with Gasteiger partial charge in [-0.15, -0.1) is 11.3 Å². The van der Waals surface area contributed by atoms with Crippen LogP contribution in [0.1, 0.15) is 66.2 Å². The summed E-state index contributed by atoms with van der Waals surface area (Å²) < 4.78 is 5.81. The van der Waals surface area contributed by atoms with Crippen LogP contribution in [0.3, 0.4) is 0 Å². The zero-order chi connectivity index (χ0) is 20.3. The molecule has 0 fully saturated rings. The summed E-state index contributed by atoms with van der Waals surface area (Å²) in [5.74, 6) is 0.652. The van der Waals surface area contributed by atoms with Crippen molar-refractivity contribution in [2.24, 2.45) is 0 Å². The summed E-state index contributed by atoms with van der Waals surface area (Å²) in [4.78, 5) is 13.7. The average Bonchev–Trinajstić information content (AvgIpc) is 2.81. The van der Waals surface area contributed by atoms with Crippen LogP contribution in [0, 0.1) is 18.3 Å². The Bertz CT molecular complexity index is 928. The molecule has 1 amide bonds. The van der Waals surface area contributed by atoms with E-state index in [2.05, 4.69) is 25.2 Å². The number of ether oxygens (including phenoxy) is 1. The molecule has 1 aliphatic rings. The van der Waals surface area contributed by atoms with Gasteiger partial charge in [-0.3, -0.25) is 4.79 Å². The van der Waals surface area contributed by atoms with Gasteiger partial charge in [0.05, 0.1) is 5.56 Å². The van der Waals surface area contributed by atoms with Crippen molar-refractivity contribution in [3.8, 4) is 11.8 Å². The van der Waals surface area contributed by atoms with E-state index >= 15 is 0 Å². The van der Waals surface area contributed by atoms with Crippen LogP contribution in [0.2, 0.25) is 5.02 Å². The first kappa shape index (κ1) is 20.7. The van der Waals surface area contributed by atoms with Crippen LogP contribution in [0.4, 0.5) is 5.00 Å². The minimum Gasteiger partial charge on any atom is -0.483 e. The van der Waals surface area contributed by atoms with Crippen molar-refractivity contribution in [3.05, 3.63) is 44.3 Å². The lowest BCUT2D eigenvalue weighted by atomic mass is 10.0. The Morgan fingerprint density at radius 2 is 2.07 bits per heavy atom. The number of benzene rings is 1. The first-order valence-corrected chi connectivity index (χ1v) is 10.9. The molecular formula is C22H25ClN2O2S. The van der Waals surface area contributed by atoms with Crippen molar-refractivity contribution in [2.75, 3.05) is 11.9 Å². The van der Waals surface area contributed by atoms with E-state index in [9.17, 15) is 10.1 Å². The van der Waals surface area contributed by atoms with Gasteiger partial charge in [0.25, 0.3) is 5.91 Å². The number of nitrogens with zero attached hydrogens (tertiary/aromatic N) is 1. The van der Waals surface area contributed by atoms with Crippen molar-refractivity contribution in [1.29, 1.82) is 5.26 Å². The van der Waals surface area contributed by atoms with E-state index in [1.165, 1.54) is 22.6 Å². The molecule has 0 atom stereocenters. The van der Waals surface area contributed by atoms with E-state index in [-0.39, 0.29) is 18.4 Å². The number of aryl methyl sites for hydroxylation is 2. The summed E-state index contributed by atoms with van der Waals surface area (Å²) in [6.07, 6.45) is 5.35. The number of halogens is 1. The molecular weight excluding hydrogens is 392 g/mol. The summed E-state index contributed by atoms with van der Waals surface area (Å²) >= 11 is 7.77. The fourth-order valence-electron chi connectivity index (χ4n) is 3.50. The van der Waals surface area contributed by atoms with Gasteiger partial charge in [-0.25, -0.2) is 0 Å². The highest BCUT2D eigenvalue weighted by atomic mass is 35.5. The maximum absolute atomic E-state index is 12.5. The van der Waals surface area contributed by atoms with E-state index in [0.29, 0.717) is 21.3 Å². The Morgan fingerprint density at radius 1 is 1.32 bits per heavy atom. The molecule has 3 rings (SSSR count). The number of carbonyl (C=O) groups is 1. The second kappa shape index (κ2) is 8.98. The third-order valence-electron chi connectivity index (χ3n) is 5.06. The van der Waals surface area contributed by atoms with Gasteiger partial charge in [0.2, 0.25) is 0 Å². The quantitative estimate of drug-likeness (QED) is 0.608. The van der Waals surface area contributed by atoms with Crippen LogP contribution in [0.15, 0.2) is 12.1 Å². The van der Waals surface area contributed by atoms with E-state index in [4.69, 9.17) is 16.3 Å². The van der Waals surface area contributed by atoms with E-state index in [1.807, 2.05) is 19.1 Å². The van der Waals surface area contributed by atoms with Gasteiger partial charge in [0.1, 0.15) is 16.8 Å². The van der Waals surface area contributed by atoms with Crippen molar-refractivity contribution in [2.45, 2.75) is 58.8 Å². The second-order valence-corrected chi connectivity index (χ2v) is 9.02. The molecule has 28 heavy (non-hydrogen) atoms. The first-order valence-electron chi connectivity index (χ1n) is 9.68. The molecule has 0 radical (unpaired) electrons. The predicted octanol–water partition coefficient (Wildman–Crippen LogP) is 5.99. The zero-order valence-electron chi connectivity index (χ0n) is 16.5. The number of nitriles is 1. The molecule has 1 aromatic carbocycles. The Labute approximate surface area is 175 Å². The highest BCUT2D eigenvalue weighted by Crippen LogP contribution is 2.37. The van der Waals surface area contributed by atoms with Crippen LogP contribution < -0.4 is 10.1 Å². The fraction of sp³-hybridized carbons (Fsp3) is 0.455. The van der Waals surface area contributed by atoms with E-state index in [1.54, 1.807) is 0 Å². The predicted molar refractivity (Wildman–Crippen MR) is 115 cm³/mol. The summed E-state index contributed by atoms with van der Waals surface area (Å²) in [7, 11) is 0. The topological polar surface area (TPSA) is 62.1 Å². The number of fused-ring (bicyclic) bond motifs is 1. The number of amides is 1. The maximum Gasteiger partial charge on any atom is 0.262 e. The number of anilines is 1. The van der Waals surface area contributed by atoms with Crippen molar-refractivity contribution in [1.82, 2.24) is 0 Å². The maximum atomic E-state index is 12.5. The Morgan fingerprint density at radius 3 is 2.79 bits per heavy atom. The largest absolute Gasteiger partial charge is 0.483 e. The molecule has 0 saturated heterocycles. The molecule has 4 nitrogen and oxygen atoms in total. The van der Waals surface area contributed by atoms with Gasteiger partial charge in [0.15, 0.2) is 6.61 Å². The van der Waals surface area contributed by atoms with Gasteiger partial charge >= 0.3 is 0 Å². The molecule has 0 aliphatic heterocycles. The minimum absolute atomic E-state index is 0.103. The number of hydrogen-bond donors (Lipinski definition) is 1.